The van der Waals surface area contributed by atoms with Crippen molar-refractivity contribution >= 4 is 33.5 Å². The number of aromatic amines is 1. The van der Waals surface area contributed by atoms with Gasteiger partial charge in [-0.05, 0) is 40.5 Å². The molecule has 1 aliphatic heterocycles. The van der Waals surface area contributed by atoms with Crippen LogP contribution >= 0.6 is 11.6 Å². The molecule has 1 aliphatic rings. The van der Waals surface area contributed by atoms with Crippen LogP contribution in [0, 0.1) is 0 Å². The fraction of sp³-hybridized carbons (Fsp3) is 0.214. The summed E-state index contributed by atoms with van der Waals surface area (Å²) in [5.74, 6) is 0. The maximum Gasteiger partial charge on any atom is 0.296 e. The first-order valence-corrected chi connectivity index (χ1v) is 12.1. The highest BCUT2D eigenvalue weighted by molar-refractivity contribution is 6.33. The van der Waals surface area contributed by atoms with E-state index in [1.807, 2.05) is 25.1 Å². The van der Waals surface area contributed by atoms with Gasteiger partial charge < -0.3 is 19.6 Å². The van der Waals surface area contributed by atoms with Crippen LogP contribution in [0.15, 0.2) is 72.8 Å². The van der Waals surface area contributed by atoms with E-state index in [4.69, 9.17) is 21.1 Å². The Bertz CT molecular complexity index is 1520. The molecule has 35 heavy (non-hydrogen) atoms. The first kappa shape index (κ1) is 22.0. The summed E-state index contributed by atoms with van der Waals surface area (Å²) in [5, 5.41) is 13.3. The molecule has 5 aromatic rings. The van der Waals surface area contributed by atoms with Crippen LogP contribution in [-0.2, 0) is 4.74 Å². The summed E-state index contributed by atoms with van der Waals surface area (Å²) in [7, 11) is 0. The van der Waals surface area contributed by atoms with Crippen molar-refractivity contribution in [3.05, 3.63) is 77.8 Å². The van der Waals surface area contributed by atoms with Crippen LogP contribution in [0.25, 0.3) is 44.3 Å². The lowest BCUT2D eigenvalue weighted by atomic mass is 9.99. The number of nitrogens with zero attached hydrogens (tertiary/aromatic N) is 2. The van der Waals surface area contributed by atoms with Gasteiger partial charge in [0.15, 0.2) is 11.8 Å². The number of halogens is 1. The lowest BCUT2D eigenvalue weighted by molar-refractivity contribution is 0.0258. The van der Waals surface area contributed by atoms with Crippen LogP contribution in [0.4, 0.5) is 0 Å². The number of hydrogen-bond acceptors (Lipinski definition) is 5. The van der Waals surface area contributed by atoms with Crippen LogP contribution in [0.1, 0.15) is 13.3 Å². The van der Waals surface area contributed by atoms with E-state index in [1.54, 1.807) is 6.07 Å². The summed E-state index contributed by atoms with van der Waals surface area (Å²) < 4.78 is 11.4. The van der Waals surface area contributed by atoms with Gasteiger partial charge in [-0.2, -0.15) is 4.98 Å². The number of fused-ring (bicyclic) bond motifs is 2. The second-order valence-electron chi connectivity index (χ2n) is 8.80. The smallest absolute Gasteiger partial charge is 0.296 e. The van der Waals surface area contributed by atoms with Gasteiger partial charge in [-0.1, -0.05) is 79.2 Å². The van der Waals surface area contributed by atoms with Crippen LogP contribution in [0.5, 0.6) is 6.01 Å². The minimum Gasteiger partial charge on any atom is -0.456 e. The Morgan fingerprint density at radius 3 is 2.49 bits per heavy atom. The Kier molecular flexibility index (Phi) is 5.65. The van der Waals surface area contributed by atoms with Gasteiger partial charge in [-0.25, -0.2) is 4.98 Å². The van der Waals surface area contributed by atoms with Crippen LogP contribution in [0.3, 0.4) is 0 Å². The SMILES string of the molecule is CC[C@H]1OC[C@@H](Oc2nc3nc(-c4ccc(-c5ccc6ccccc6c5)cc4)c(Cl)cc3[nH]2)[C@@H]1O. The summed E-state index contributed by atoms with van der Waals surface area (Å²) in [5.41, 5.74) is 4.99. The predicted molar refractivity (Wildman–Crippen MR) is 138 cm³/mol. The molecule has 0 amide bonds. The number of nitrogens with one attached hydrogen (secondary N) is 1. The molecule has 2 aromatic heterocycles. The van der Waals surface area contributed by atoms with Crippen LogP contribution in [0.2, 0.25) is 5.02 Å². The van der Waals surface area contributed by atoms with Crippen molar-refractivity contribution in [2.75, 3.05) is 6.61 Å². The van der Waals surface area contributed by atoms with Crippen molar-refractivity contribution in [1.82, 2.24) is 15.0 Å². The number of rotatable bonds is 5. The molecule has 0 spiro atoms. The zero-order valence-electron chi connectivity index (χ0n) is 19.1. The van der Waals surface area contributed by atoms with Crippen molar-refractivity contribution in [3.63, 3.8) is 0 Å². The van der Waals surface area contributed by atoms with Gasteiger partial charge in [-0.15, -0.1) is 0 Å². The Morgan fingerprint density at radius 1 is 0.971 bits per heavy atom. The maximum atomic E-state index is 10.4. The zero-order chi connectivity index (χ0) is 23.9. The third-order valence-electron chi connectivity index (χ3n) is 6.55. The Morgan fingerprint density at radius 2 is 1.71 bits per heavy atom. The molecule has 1 fully saturated rings. The second-order valence-corrected chi connectivity index (χ2v) is 9.21. The average molecular weight is 486 g/mol. The number of aliphatic hydroxyl groups excluding tert-OH is 1. The Hall–Kier alpha value is -3.45. The van der Waals surface area contributed by atoms with Crippen molar-refractivity contribution in [1.29, 1.82) is 0 Å². The van der Waals surface area contributed by atoms with Gasteiger partial charge >= 0.3 is 0 Å². The molecular weight excluding hydrogens is 462 g/mol. The molecule has 0 aliphatic carbocycles. The minimum atomic E-state index is -0.693. The van der Waals surface area contributed by atoms with Gasteiger partial charge in [0.05, 0.1) is 28.9 Å². The highest BCUT2D eigenvalue weighted by atomic mass is 35.5. The predicted octanol–water partition coefficient (Wildman–Crippen LogP) is 6.02. The Labute approximate surface area is 207 Å². The van der Waals surface area contributed by atoms with E-state index < -0.39 is 12.2 Å². The number of imidazole rings is 1. The van der Waals surface area contributed by atoms with E-state index in [0.717, 1.165) is 23.1 Å². The highest BCUT2D eigenvalue weighted by Crippen LogP contribution is 2.32. The third kappa shape index (κ3) is 4.14. The van der Waals surface area contributed by atoms with Gasteiger partial charge in [0.2, 0.25) is 0 Å². The van der Waals surface area contributed by atoms with Crippen molar-refractivity contribution in [2.45, 2.75) is 31.7 Å². The molecule has 6 rings (SSSR count). The molecule has 0 bridgehead atoms. The van der Waals surface area contributed by atoms with E-state index in [0.29, 0.717) is 28.5 Å². The first-order chi connectivity index (χ1) is 17.1. The molecular formula is C28H24ClN3O3. The summed E-state index contributed by atoms with van der Waals surface area (Å²) in [6.45, 7) is 2.29. The number of H-pyrrole nitrogens is 1. The van der Waals surface area contributed by atoms with Crippen LogP contribution in [-0.4, -0.2) is 45.0 Å². The minimum absolute atomic E-state index is 0.221. The highest BCUT2D eigenvalue weighted by Gasteiger charge is 2.37. The van der Waals surface area contributed by atoms with E-state index in [2.05, 4.69) is 63.5 Å². The molecule has 6 nitrogen and oxygen atoms in total. The number of benzene rings is 3. The third-order valence-corrected chi connectivity index (χ3v) is 6.84. The lowest BCUT2D eigenvalue weighted by Crippen LogP contribution is -2.34. The largest absolute Gasteiger partial charge is 0.456 e. The normalized spacial score (nSPS) is 20.0. The van der Waals surface area contributed by atoms with Gasteiger partial charge in [0.25, 0.3) is 6.01 Å². The van der Waals surface area contributed by atoms with Gasteiger partial charge in [0.1, 0.15) is 6.10 Å². The number of ether oxygens (including phenoxy) is 2. The summed E-state index contributed by atoms with van der Waals surface area (Å²) in [6, 6.07) is 25.1. The molecule has 176 valence electrons. The zero-order valence-corrected chi connectivity index (χ0v) is 19.9. The molecule has 0 saturated carbocycles. The first-order valence-electron chi connectivity index (χ1n) is 11.7. The average Bonchev–Trinajstić information content (AvgIpc) is 3.45. The number of pyridine rings is 1. The standard InChI is InChI=1S/C28H24ClN3O3/c1-2-23-26(33)24(15-34-23)35-28-30-22-14-21(29)25(31-27(22)32-28)18-10-7-17(8-11-18)20-12-9-16-5-3-4-6-19(16)13-20/h3-14,23-24,26,33H,2,15H2,1H3,(H,30,31,32)/t23-,24-,26-/m1/s1. The second kappa shape index (κ2) is 8.96. The van der Waals surface area contributed by atoms with E-state index in [9.17, 15) is 5.11 Å². The van der Waals surface area contributed by atoms with E-state index in [1.165, 1.54) is 10.8 Å². The topological polar surface area (TPSA) is 80.3 Å². The fourth-order valence-corrected chi connectivity index (χ4v) is 4.87. The molecule has 0 unspecified atom stereocenters. The molecule has 7 heteroatoms. The van der Waals surface area contributed by atoms with Gasteiger partial charge in [-0.3, -0.25) is 0 Å². The summed E-state index contributed by atoms with van der Waals surface area (Å²) in [4.78, 5) is 12.2. The van der Waals surface area contributed by atoms with Crippen molar-refractivity contribution in [3.8, 4) is 28.4 Å². The Balaban J connectivity index is 1.26. The van der Waals surface area contributed by atoms with E-state index in [-0.39, 0.29) is 12.1 Å². The quantitative estimate of drug-likeness (QED) is 0.318. The number of aliphatic hydroxyl groups is 1. The molecule has 1 saturated heterocycles. The van der Waals surface area contributed by atoms with Crippen molar-refractivity contribution in [2.24, 2.45) is 0 Å². The summed E-state index contributed by atoms with van der Waals surface area (Å²) >= 11 is 6.59. The monoisotopic (exact) mass is 485 g/mol. The molecule has 3 aromatic carbocycles. The summed E-state index contributed by atoms with van der Waals surface area (Å²) in [6.07, 6.45) is -0.665. The fourth-order valence-electron chi connectivity index (χ4n) is 4.60. The maximum absolute atomic E-state index is 10.4. The number of aromatic nitrogens is 3. The molecule has 3 atom stereocenters. The van der Waals surface area contributed by atoms with Crippen molar-refractivity contribution < 1.29 is 14.6 Å². The molecule has 0 radical (unpaired) electrons. The lowest BCUT2D eigenvalue weighted by Gasteiger charge is -2.15. The van der Waals surface area contributed by atoms with Crippen LogP contribution < -0.4 is 4.74 Å². The van der Waals surface area contributed by atoms with E-state index >= 15 is 0 Å². The number of hydrogen-bond donors (Lipinski definition) is 2. The molecule has 3 heterocycles. The molecule has 2 N–H and O–H groups in total. The van der Waals surface area contributed by atoms with Gasteiger partial charge in [0, 0.05) is 5.56 Å².